The van der Waals surface area contributed by atoms with E-state index < -0.39 is 0 Å². The second kappa shape index (κ2) is 9.68. The van der Waals surface area contributed by atoms with Gasteiger partial charge in [-0.1, -0.05) is 11.6 Å². The van der Waals surface area contributed by atoms with Crippen LogP contribution in [-0.2, 0) is 0 Å². The number of rotatable bonds is 7. The highest BCUT2D eigenvalue weighted by Crippen LogP contribution is 2.15. The Morgan fingerprint density at radius 1 is 1.08 bits per heavy atom. The first-order valence-electron chi connectivity index (χ1n) is 8.28. The maximum atomic E-state index is 12.2. The Labute approximate surface area is 158 Å². The van der Waals surface area contributed by atoms with Crippen molar-refractivity contribution in [3.8, 4) is 5.75 Å². The number of benzene rings is 2. The fraction of sp³-hybridized carbons (Fsp3) is 0.263. The van der Waals surface area contributed by atoms with Gasteiger partial charge in [-0.15, -0.1) is 0 Å². The number of hydrogen-bond acceptors (Lipinski definition) is 3. The number of carbonyl (C=O) groups excluding carboxylic acids is 2. The van der Waals surface area contributed by atoms with Gasteiger partial charge >= 0.3 is 6.03 Å². The SMILES string of the molecule is CCNC(=O)c1ccc(NC(=O)N(C)CCOc2ccc(Cl)cc2)cc1. The van der Waals surface area contributed by atoms with Crippen molar-refractivity contribution in [1.82, 2.24) is 10.2 Å². The van der Waals surface area contributed by atoms with E-state index in [0.29, 0.717) is 41.7 Å². The monoisotopic (exact) mass is 375 g/mol. The molecule has 0 unspecified atom stereocenters. The number of anilines is 1. The van der Waals surface area contributed by atoms with Gasteiger partial charge in [0.15, 0.2) is 0 Å². The predicted molar refractivity (Wildman–Crippen MR) is 103 cm³/mol. The van der Waals surface area contributed by atoms with Crippen LogP contribution in [0, 0.1) is 0 Å². The number of amides is 3. The Bertz CT molecular complexity index is 733. The number of carbonyl (C=O) groups is 2. The molecule has 0 fully saturated rings. The van der Waals surface area contributed by atoms with Gasteiger partial charge in [-0.2, -0.15) is 0 Å². The lowest BCUT2D eigenvalue weighted by molar-refractivity contribution is 0.0956. The van der Waals surface area contributed by atoms with Crippen LogP contribution in [0.2, 0.25) is 5.02 Å². The van der Waals surface area contributed by atoms with Crippen LogP contribution in [0.3, 0.4) is 0 Å². The summed E-state index contributed by atoms with van der Waals surface area (Å²) in [7, 11) is 1.68. The number of ether oxygens (including phenoxy) is 1. The highest BCUT2D eigenvalue weighted by atomic mass is 35.5. The van der Waals surface area contributed by atoms with Crippen molar-refractivity contribution in [3.05, 3.63) is 59.1 Å². The normalized spacial score (nSPS) is 10.1. The molecule has 138 valence electrons. The first kappa shape index (κ1) is 19.6. The summed E-state index contributed by atoms with van der Waals surface area (Å²) in [6, 6.07) is 13.5. The zero-order valence-electron chi connectivity index (χ0n) is 14.8. The van der Waals surface area contributed by atoms with Crippen LogP contribution in [-0.4, -0.2) is 43.6 Å². The van der Waals surface area contributed by atoms with Crippen molar-refractivity contribution in [1.29, 1.82) is 0 Å². The summed E-state index contributed by atoms with van der Waals surface area (Å²) in [4.78, 5) is 25.4. The molecule has 0 heterocycles. The van der Waals surface area contributed by atoms with E-state index in [2.05, 4.69) is 10.6 Å². The Kier molecular flexibility index (Phi) is 7.29. The van der Waals surface area contributed by atoms with E-state index >= 15 is 0 Å². The topological polar surface area (TPSA) is 70.7 Å². The van der Waals surface area contributed by atoms with Crippen LogP contribution in [0.1, 0.15) is 17.3 Å². The average molecular weight is 376 g/mol. The molecule has 0 atom stereocenters. The van der Waals surface area contributed by atoms with Crippen molar-refractivity contribution in [2.45, 2.75) is 6.92 Å². The number of hydrogen-bond donors (Lipinski definition) is 2. The number of nitrogens with zero attached hydrogens (tertiary/aromatic N) is 1. The van der Waals surface area contributed by atoms with Crippen LogP contribution in [0.25, 0.3) is 0 Å². The van der Waals surface area contributed by atoms with Crippen molar-refractivity contribution < 1.29 is 14.3 Å². The van der Waals surface area contributed by atoms with Crippen molar-refractivity contribution in [2.24, 2.45) is 0 Å². The second-order valence-electron chi connectivity index (χ2n) is 5.59. The molecule has 3 amide bonds. The van der Waals surface area contributed by atoms with E-state index in [9.17, 15) is 9.59 Å². The molecule has 0 saturated heterocycles. The van der Waals surface area contributed by atoms with Crippen LogP contribution in [0.4, 0.5) is 10.5 Å². The lowest BCUT2D eigenvalue weighted by atomic mass is 10.2. The van der Waals surface area contributed by atoms with Gasteiger partial charge in [0.25, 0.3) is 5.91 Å². The molecule has 0 bridgehead atoms. The highest BCUT2D eigenvalue weighted by molar-refractivity contribution is 6.30. The van der Waals surface area contributed by atoms with Crippen molar-refractivity contribution >= 4 is 29.2 Å². The summed E-state index contributed by atoms with van der Waals surface area (Å²) >= 11 is 5.82. The minimum Gasteiger partial charge on any atom is -0.492 e. The first-order valence-corrected chi connectivity index (χ1v) is 8.66. The van der Waals surface area contributed by atoms with Gasteiger partial charge in [-0.25, -0.2) is 4.79 Å². The third-order valence-corrected chi connectivity index (χ3v) is 3.84. The summed E-state index contributed by atoms with van der Waals surface area (Å²) in [5.41, 5.74) is 1.17. The molecule has 2 aromatic rings. The van der Waals surface area contributed by atoms with E-state index in [1.54, 1.807) is 55.6 Å². The Hall–Kier alpha value is -2.73. The van der Waals surface area contributed by atoms with Crippen LogP contribution in [0.15, 0.2) is 48.5 Å². The number of nitrogens with one attached hydrogen (secondary N) is 2. The lowest BCUT2D eigenvalue weighted by Crippen LogP contribution is -2.34. The third kappa shape index (κ3) is 5.97. The molecule has 6 nitrogen and oxygen atoms in total. The predicted octanol–water partition coefficient (Wildman–Crippen LogP) is 3.63. The summed E-state index contributed by atoms with van der Waals surface area (Å²) < 4.78 is 5.57. The largest absolute Gasteiger partial charge is 0.492 e. The number of urea groups is 1. The van der Waals surface area contributed by atoms with E-state index in [1.165, 1.54) is 4.90 Å². The second-order valence-corrected chi connectivity index (χ2v) is 6.03. The van der Waals surface area contributed by atoms with Crippen LogP contribution >= 0.6 is 11.6 Å². The summed E-state index contributed by atoms with van der Waals surface area (Å²) in [6.45, 7) is 3.21. The smallest absolute Gasteiger partial charge is 0.321 e. The van der Waals surface area contributed by atoms with Crippen LogP contribution < -0.4 is 15.4 Å². The zero-order chi connectivity index (χ0) is 18.9. The molecule has 0 spiro atoms. The lowest BCUT2D eigenvalue weighted by Gasteiger charge is -2.18. The molecule has 0 aliphatic carbocycles. The number of likely N-dealkylation sites (N-methyl/N-ethyl adjacent to an activating group) is 1. The molecule has 0 aliphatic heterocycles. The van der Waals surface area contributed by atoms with Gasteiger partial charge in [0.2, 0.25) is 0 Å². The Balaban J connectivity index is 1.79. The summed E-state index contributed by atoms with van der Waals surface area (Å²) in [5, 5.41) is 6.15. The standard InChI is InChI=1S/C19H22ClN3O3/c1-3-21-18(24)14-4-8-16(9-5-14)22-19(25)23(2)12-13-26-17-10-6-15(20)7-11-17/h4-11H,3,12-13H2,1-2H3,(H,21,24)(H,22,25). The molecule has 2 aromatic carbocycles. The van der Waals surface area contributed by atoms with Crippen molar-refractivity contribution in [2.75, 3.05) is 32.1 Å². The van der Waals surface area contributed by atoms with Gasteiger partial charge < -0.3 is 20.3 Å². The molecular weight excluding hydrogens is 354 g/mol. The molecule has 2 rings (SSSR count). The minimum absolute atomic E-state index is 0.137. The van der Waals surface area contributed by atoms with Gasteiger partial charge in [0.1, 0.15) is 12.4 Å². The Morgan fingerprint density at radius 3 is 2.35 bits per heavy atom. The Morgan fingerprint density at radius 2 is 1.73 bits per heavy atom. The first-order chi connectivity index (χ1) is 12.5. The maximum Gasteiger partial charge on any atom is 0.321 e. The third-order valence-electron chi connectivity index (χ3n) is 3.59. The van der Waals surface area contributed by atoms with Gasteiger partial charge in [-0.05, 0) is 55.5 Å². The maximum absolute atomic E-state index is 12.2. The zero-order valence-corrected chi connectivity index (χ0v) is 15.5. The molecule has 0 aliphatic rings. The van der Waals surface area contributed by atoms with Gasteiger partial charge in [-0.3, -0.25) is 4.79 Å². The summed E-state index contributed by atoms with van der Waals surface area (Å²) in [6.07, 6.45) is 0. The van der Waals surface area contributed by atoms with E-state index in [1.807, 2.05) is 6.92 Å². The fourth-order valence-corrected chi connectivity index (χ4v) is 2.25. The quantitative estimate of drug-likeness (QED) is 0.776. The van der Waals surface area contributed by atoms with Gasteiger partial charge in [0.05, 0.1) is 6.54 Å². The van der Waals surface area contributed by atoms with E-state index in [4.69, 9.17) is 16.3 Å². The van der Waals surface area contributed by atoms with Gasteiger partial charge in [0, 0.05) is 29.9 Å². The molecule has 26 heavy (non-hydrogen) atoms. The average Bonchev–Trinajstić information content (AvgIpc) is 2.64. The highest BCUT2D eigenvalue weighted by Gasteiger charge is 2.10. The summed E-state index contributed by atoms with van der Waals surface area (Å²) in [5.74, 6) is 0.561. The minimum atomic E-state index is -0.254. The molecule has 2 N–H and O–H groups in total. The van der Waals surface area contributed by atoms with E-state index in [0.717, 1.165) is 0 Å². The fourth-order valence-electron chi connectivity index (χ4n) is 2.12. The molecular formula is C19H22ClN3O3. The molecule has 0 aromatic heterocycles. The number of halogens is 1. The van der Waals surface area contributed by atoms with Crippen molar-refractivity contribution in [3.63, 3.8) is 0 Å². The molecule has 0 radical (unpaired) electrons. The van der Waals surface area contributed by atoms with Crippen LogP contribution in [0.5, 0.6) is 5.75 Å². The molecule has 7 heteroatoms. The van der Waals surface area contributed by atoms with E-state index in [-0.39, 0.29) is 11.9 Å². The molecule has 0 saturated carbocycles.